The highest BCUT2D eigenvalue weighted by Crippen LogP contribution is 2.37. The van der Waals surface area contributed by atoms with E-state index in [4.69, 9.17) is 0 Å². The second-order valence-corrected chi connectivity index (χ2v) is 9.82. The molecule has 0 unspecified atom stereocenters. The molecule has 108 valence electrons. The molecule has 0 amide bonds. The van der Waals surface area contributed by atoms with Gasteiger partial charge in [-0.25, -0.2) is 4.39 Å². The van der Waals surface area contributed by atoms with Crippen LogP contribution in [0.2, 0.25) is 19.6 Å². The molecule has 20 heavy (non-hydrogen) atoms. The fourth-order valence-electron chi connectivity index (χ4n) is 1.37. The summed E-state index contributed by atoms with van der Waals surface area (Å²) in [4.78, 5) is 9.80. The third-order valence-corrected chi connectivity index (χ3v) is 3.05. The SMILES string of the molecule is C[Si](C)(C)C#Cc1c([N+](=O)[O-])ccc(F)c1C(F)(F)F. The van der Waals surface area contributed by atoms with Crippen LogP contribution in [0.15, 0.2) is 12.1 Å². The summed E-state index contributed by atoms with van der Waals surface area (Å²) in [5.74, 6) is 0.594. The summed E-state index contributed by atoms with van der Waals surface area (Å²) in [6.07, 6.45) is -5.04. The van der Waals surface area contributed by atoms with Gasteiger partial charge in [0.1, 0.15) is 25.0 Å². The Bertz CT molecular complexity index is 609. The second-order valence-electron chi connectivity index (χ2n) is 5.07. The molecule has 0 atom stereocenters. The summed E-state index contributed by atoms with van der Waals surface area (Å²) in [7, 11) is -2.07. The van der Waals surface area contributed by atoms with E-state index in [0.717, 1.165) is 0 Å². The lowest BCUT2D eigenvalue weighted by Crippen LogP contribution is -2.17. The van der Waals surface area contributed by atoms with E-state index in [1.807, 2.05) is 0 Å². The van der Waals surface area contributed by atoms with Crippen molar-refractivity contribution in [2.45, 2.75) is 25.8 Å². The fourth-order valence-corrected chi connectivity index (χ4v) is 1.87. The number of benzene rings is 1. The van der Waals surface area contributed by atoms with Gasteiger partial charge in [-0.2, -0.15) is 13.2 Å². The number of hydrogen-bond donors (Lipinski definition) is 0. The molecule has 8 heteroatoms. The highest BCUT2D eigenvalue weighted by Gasteiger charge is 2.39. The van der Waals surface area contributed by atoms with Gasteiger partial charge in [0.05, 0.1) is 4.92 Å². The van der Waals surface area contributed by atoms with Crippen LogP contribution in [0, 0.1) is 27.4 Å². The van der Waals surface area contributed by atoms with Gasteiger partial charge in [0.2, 0.25) is 0 Å². The Labute approximate surface area is 113 Å². The molecule has 1 aromatic rings. The van der Waals surface area contributed by atoms with Crippen molar-refractivity contribution < 1.29 is 22.5 Å². The minimum Gasteiger partial charge on any atom is -0.258 e. The first-order valence-corrected chi connectivity index (χ1v) is 9.01. The quantitative estimate of drug-likeness (QED) is 0.259. The van der Waals surface area contributed by atoms with Crippen LogP contribution in [0.5, 0.6) is 0 Å². The molecule has 0 aliphatic carbocycles. The van der Waals surface area contributed by atoms with Crippen molar-refractivity contribution in [3.05, 3.63) is 39.2 Å². The van der Waals surface area contributed by atoms with Crippen LogP contribution in [0.1, 0.15) is 11.1 Å². The summed E-state index contributed by atoms with van der Waals surface area (Å²) in [6.45, 7) is 5.29. The number of rotatable bonds is 1. The van der Waals surface area contributed by atoms with Crippen molar-refractivity contribution in [2.24, 2.45) is 0 Å². The molecule has 0 spiro atoms. The van der Waals surface area contributed by atoms with Crippen molar-refractivity contribution >= 4 is 13.8 Å². The zero-order chi connectivity index (χ0) is 15.7. The monoisotopic (exact) mass is 305 g/mol. The number of hydrogen-bond acceptors (Lipinski definition) is 2. The lowest BCUT2D eigenvalue weighted by molar-refractivity contribution is -0.385. The Morgan fingerprint density at radius 3 is 2.20 bits per heavy atom. The van der Waals surface area contributed by atoms with Crippen molar-refractivity contribution in [2.75, 3.05) is 0 Å². The molecule has 0 N–H and O–H groups in total. The van der Waals surface area contributed by atoms with Crippen LogP contribution < -0.4 is 0 Å². The van der Waals surface area contributed by atoms with E-state index in [0.29, 0.717) is 12.1 Å². The van der Waals surface area contributed by atoms with E-state index in [2.05, 4.69) is 11.5 Å². The van der Waals surface area contributed by atoms with E-state index >= 15 is 0 Å². The van der Waals surface area contributed by atoms with Crippen LogP contribution in [-0.4, -0.2) is 13.0 Å². The van der Waals surface area contributed by atoms with E-state index in [1.165, 1.54) is 0 Å². The molecule has 0 saturated carbocycles. The van der Waals surface area contributed by atoms with Crippen LogP contribution in [-0.2, 0) is 6.18 Å². The zero-order valence-electron chi connectivity index (χ0n) is 10.9. The van der Waals surface area contributed by atoms with E-state index in [1.54, 1.807) is 19.6 Å². The van der Waals surface area contributed by atoms with Gasteiger partial charge in [-0.15, -0.1) is 5.54 Å². The van der Waals surface area contributed by atoms with Gasteiger partial charge in [0.15, 0.2) is 0 Å². The molecule has 0 bridgehead atoms. The van der Waals surface area contributed by atoms with Crippen molar-refractivity contribution in [1.29, 1.82) is 0 Å². The highest BCUT2D eigenvalue weighted by molar-refractivity contribution is 6.83. The number of nitro benzene ring substituents is 1. The van der Waals surface area contributed by atoms with E-state index in [-0.39, 0.29) is 0 Å². The lowest BCUT2D eigenvalue weighted by atomic mass is 10.0. The van der Waals surface area contributed by atoms with E-state index in [9.17, 15) is 27.7 Å². The summed E-state index contributed by atoms with van der Waals surface area (Å²) in [5, 5.41) is 10.8. The molecule has 0 saturated heterocycles. The first-order valence-electron chi connectivity index (χ1n) is 5.51. The van der Waals surface area contributed by atoms with Gasteiger partial charge in [-0.05, 0) is 6.07 Å². The van der Waals surface area contributed by atoms with Crippen molar-refractivity contribution in [1.82, 2.24) is 0 Å². The predicted molar refractivity (Wildman–Crippen MR) is 68.3 cm³/mol. The first-order chi connectivity index (χ1) is 8.93. The molecular weight excluding hydrogens is 294 g/mol. The largest absolute Gasteiger partial charge is 0.420 e. The predicted octanol–water partition coefficient (Wildman–Crippen LogP) is 3.98. The van der Waals surface area contributed by atoms with Crippen molar-refractivity contribution in [3.63, 3.8) is 0 Å². The Balaban J connectivity index is 3.70. The number of nitrogens with zero attached hydrogens (tertiary/aromatic N) is 1. The van der Waals surface area contributed by atoms with Crippen LogP contribution in [0.25, 0.3) is 0 Å². The fraction of sp³-hybridized carbons (Fsp3) is 0.333. The van der Waals surface area contributed by atoms with Crippen LogP contribution >= 0.6 is 0 Å². The Morgan fingerprint density at radius 1 is 1.25 bits per heavy atom. The Morgan fingerprint density at radius 2 is 1.80 bits per heavy atom. The Kier molecular flexibility index (Phi) is 4.24. The third-order valence-electron chi connectivity index (χ3n) is 2.18. The molecule has 0 aromatic heterocycles. The second kappa shape index (κ2) is 5.24. The van der Waals surface area contributed by atoms with Crippen LogP contribution in [0.4, 0.5) is 23.2 Å². The third kappa shape index (κ3) is 3.80. The maximum atomic E-state index is 13.4. The van der Waals surface area contributed by atoms with Gasteiger partial charge >= 0.3 is 6.18 Å². The maximum Gasteiger partial charge on any atom is 0.420 e. The molecule has 0 heterocycles. The minimum absolute atomic E-state index is 0.431. The van der Waals surface area contributed by atoms with Crippen LogP contribution in [0.3, 0.4) is 0 Å². The highest BCUT2D eigenvalue weighted by atomic mass is 28.3. The lowest BCUT2D eigenvalue weighted by Gasteiger charge is -2.11. The standard InChI is InChI=1S/C12H11F4NO2Si/c1-20(2,3)7-6-8-10(17(18)19)5-4-9(13)11(8)12(14,15)16/h4-5H,1-3H3. The summed E-state index contributed by atoms with van der Waals surface area (Å²) in [5.41, 5.74) is -0.847. The molecule has 1 aromatic carbocycles. The summed E-state index contributed by atoms with van der Waals surface area (Å²) >= 11 is 0. The van der Waals surface area contributed by atoms with Gasteiger partial charge in [-0.1, -0.05) is 25.6 Å². The first kappa shape index (κ1) is 16.2. The van der Waals surface area contributed by atoms with Gasteiger partial charge in [-0.3, -0.25) is 10.1 Å². The molecule has 1 rings (SSSR count). The smallest absolute Gasteiger partial charge is 0.258 e. The molecule has 0 fully saturated rings. The molecule has 3 nitrogen and oxygen atoms in total. The maximum absolute atomic E-state index is 13.4. The summed E-state index contributed by atoms with van der Waals surface area (Å²) in [6, 6.07) is 1.12. The minimum atomic E-state index is -5.04. The Hall–Kier alpha value is -1.88. The number of alkyl halides is 3. The average molecular weight is 305 g/mol. The molecule has 0 radical (unpaired) electrons. The molecule has 0 aliphatic heterocycles. The topological polar surface area (TPSA) is 43.1 Å². The van der Waals surface area contributed by atoms with Crippen molar-refractivity contribution in [3.8, 4) is 11.5 Å². The van der Waals surface area contributed by atoms with Gasteiger partial charge in [0, 0.05) is 6.07 Å². The number of nitro groups is 1. The van der Waals surface area contributed by atoms with Gasteiger partial charge in [0.25, 0.3) is 5.69 Å². The zero-order valence-corrected chi connectivity index (χ0v) is 11.9. The normalized spacial score (nSPS) is 11.8. The molecule has 0 aliphatic rings. The number of halogens is 4. The average Bonchev–Trinajstić information content (AvgIpc) is 2.22. The molecular formula is C12H11F4NO2Si. The summed E-state index contributed by atoms with van der Waals surface area (Å²) < 4.78 is 52.0. The van der Waals surface area contributed by atoms with Gasteiger partial charge < -0.3 is 0 Å². The van der Waals surface area contributed by atoms with E-state index < -0.39 is 41.8 Å².